The minimum Gasteiger partial charge on any atom is -0.487 e. The molecule has 2 rings (SSSR count). The van der Waals surface area contributed by atoms with Gasteiger partial charge in [0.1, 0.15) is 18.0 Å². The summed E-state index contributed by atoms with van der Waals surface area (Å²) in [5.74, 6) is 0.924. The molecule has 0 saturated carbocycles. The standard InChI is InChI=1S/C13H19NO2/c1-9-4-3-5-10(2)13(9)16-12-6-7-14-8-11(12)15/h3-5,11-12,14-15H,6-8H2,1-2H3/t11-,12-/m0/s1. The van der Waals surface area contributed by atoms with Crippen LogP contribution in [0.15, 0.2) is 18.2 Å². The van der Waals surface area contributed by atoms with Crippen molar-refractivity contribution in [3.63, 3.8) is 0 Å². The Morgan fingerprint density at radius 1 is 1.31 bits per heavy atom. The summed E-state index contributed by atoms with van der Waals surface area (Å²) in [5.41, 5.74) is 2.26. The monoisotopic (exact) mass is 221 g/mol. The molecule has 0 spiro atoms. The molecule has 1 aromatic rings. The van der Waals surface area contributed by atoms with Crippen molar-refractivity contribution in [2.75, 3.05) is 13.1 Å². The minimum absolute atomic E-state index is 0.0824. The third kappa shape index (κ3) is 2.36. The molecule has 0 unspecified atom stereocenters. The molecule has 0 bridgehead atoms. The van der Waals surface area contributed by atoms with Crippen molar-refractivity contribution >= 4 is 0 Å². The quantitative estimate of drug-likeness (QED) is 0.793. The van der Waals surface area contributed by atoms with Gasteiger partial charge in [-0.1, -0.05) is 18.2 Å². The van der Waals surface area contributed by atoms with E-state index in [2.05, 4.69) is 5.32 Å². The molecule has 1 aliphatic heterocycles. The molecule has 0 amide bonds. The van der Waals surface area contributed by atoms with Gasteiger partial charge in [0.05, 0.1) is 0 Å². The van der Waals surface area contributed by atoms with Gasteiger partial charge in [0.2, 0.25) is 0 Å². The average Bonchev–Trinajstić information content (AvgIpc) is 2.26. The number of para-hydroxylation sites is 1. The van der Waals surface area contributed by atoms with Gasteiger partial charge in [-0.2, -0.15) is 0 Å². The van der Waals surface area contributed by atoms with E-state index in [1.54, 1.807) is 0 Å². The van der Waals surface area contributed by atoms with E-state index in [0.717, 1.165) is 29.8 Å². The normalized spacial score (nSPS) is 25.4. The third-order valence-corrected chi connectivity index (χ3v) is 3.07. The number of benzene rings is 1. The van der Waals surface area contributed by atoms with Crippen LogP contribution in [0.1, 0.15) is 17.5 Å². The SMILES string of the molecule is Cc1cccc(C)c1O[C@H]1CCNC[C@@H]1O. The molecule has 16 heavy (non-hydrogen) atoms. The summed E-state index contributed by atoms with van der Waals surface area (Å²) in [6, 6.07) is 6.10. The number of rotatable bonds is 2. The van der Waals surface area contributed by atoms with Gasteiger partial charge in [-0.25, -0.2) is 0 Å². The molecule has 1 heterocycles. The zero-order valence-electron chi connectivity index (χ0n) is 9.86. The number of nitrogens with one attached hydrogen (secondary N) is 1. The Morgan fingerprint density at radius 2 is 2.00 bits per heavy atom. The number of aryl methyl sites for hydroxylation is 2. The van der Waals surface area contributed by atoms with Crippen LogP contribution in [0.3, 0.4) is 0 Å². The topological polar surface area (TPSA) is 41.5 Å². The van der Waals surface area contributed by atoms with E-state index in [4.69, 9.17) is 4.74 Å². The fourth-order valence-corrected chi connectivity index (χ4v) is 2.09. The maximum atomic E-state index is 9.82. The van der Waals surface area contributed by atoms with E-state index in [9.17, 15) is 5.11 Å². The molecule has 0 radical (unpaired) electrons. The molecule has 1 aliphatic rings. The lowest BCUT2D eigenvalue weighted by Crippen LogP contribution is -2.46. The Balaban J connectivity index is 2.13. The Bertz CT molecular complexity index is 345. The zero-order chi connectivity index (χ0) is 11.5. The van der Waals surface area contributed by atoms with Crippen molar-refractivity contribution in [3.8, 4) is 5.75 Å². The smallest absolute Gasteiger partial charge is 0.127 e. The second-order valence-electron chi connectivity index (χ2n) is 4.44. The van der Waals surface area contributed by atoms with Crippen molar-refractivity contribution in [1.29, 1.82) is 0 Å². The fourth-order valence-electron chi connectivity index (χ4n) is 2.09. The number of β-amino-alcohol motifs (C(OH)–C–C–N with tert-alkyl or cyclic N) is 1. The van der Waals surface area contributed by atoms with Gasteiger partial charge < -0.3 is 15.2 Å². The number of aliphatic hydroxyl groups is 1. The first-order chi connectivity index (χ1) is 7.68. The number of hydrogen-bond donors (Lipinski definition) is 2. The largest absolute Gasteiger partial charge is 0.487 e. The molecular weight excluding hydrogens is 202 g/mol. The van der Waals surface area contributed by atoms with Crippen LogP contribution >= 0.6 is 0 Å². The predicted molar refractivity (Wildman–Crippen MR) is 63.8 cm³/mol. The lowest BCUT2D eigenvalue weighted by atomic mass is 10.1. The van der Waals surface area contributed by atoms with Crippen molar-refractivity contribution in [1.82, 2.24) is 5.32 Å². The maximum Gasteiger partial charge on any atom is 0.127 e. The van der Waals surface area contributed by atoms with Crippen LogP contribution in [-0.4, -0.2) is 30.4 Å². The first-order valence-corrected chi connectivity index (χ1v) is 5.80. The summed E-state index contributed by atoms with van der Waals surface area (Å²) in [7, 11) is 0. The van der Waals surface area contributed by atoms with Crippen LogP contribution in [-0.2, 0) is 0 Å². The molecule has 0 aromatic heterocycles. The van der Waals surface area contributed by atoms with Crippen molar-refractivity contribution in [2.45, 2.75) is 32.5 Å². The highest BCUT2D eigenvalue weighted by atomic mass is 16.5. The lowest BCUT2D eigenvalue weighted by Gasteiger charge is -2.30. The number of ether oxygens (including phenoxy) is 1. The van der Waals surface area contributed by atoms with E-state index in [1.165, 1.54) is 0 Å². The van der Waals surface area contributed by atoms with Crippen molar-refractivity contribution < 1.29 is 9.84 Å². The number of aliphatic hydroxyl groups excluding tert-OH is 1. The summed E-state index contributed by atoms with van der Waals surface area (Å²) < 4.78 is 5.94. The molecule has 3 heteroatoms. The highest BCUT2D eigenvalue weighted by Gasteiger charge is 2.25. The summed E-state index contributed by atoms with van der Waals surface area (Å²) in [4.78, 5) is 0. The second-order valence-corrected chi connectivity index (χ2v) is 4.44. The Morgan fingerprint density at radius 3 is 2.62 bits per heavy atom. The van der Waals surface area contributed by atoms with E-state index in [-0.39, 0.29) is 6.10 Å². The number of piperidine rings is 1. The number of hydrogen-bond acceptors (Lipinski definition) is 3. The van der Waals surface area contributed by atoms with Crippen LogP contribution in [0.4, 0.5) is 0 Å². The third-order valence-electron chi connectivity index (χ3n) is 3.07. The average molecular weight is 221 g/mol. The van der Waals surface area contributed by atoms with Crippen molar-refractivity contribution in [3.05, 3.63) is 29.3 Å². The molecule has 2 atom stereocenters. The predicted octanol–water partition coefficient (Wildman–Crippen LogP) is 1.41. The van der Waals surface area contributed by atoms with Gasteiger partial charge in [0.25, 0.3) is 0 Å². The Labute approximate surface area is 96.4 Å². The molecule has 1 saturated heterocycles. The van der Waals surface area contributed by atoms with Crippen LogP contribution < -0.4 is 10.1 Å². The molecule has 3 nitrogen and oxygen atoms in total. The highest BCUT2D eigenvalue weighted by molar-refractivity contribution is 5.39. The van der Waals surface area contributed by atoms with E-state index in [1.807, 2.05) is 32.0 Å². The first-order valence-electron chi connectivity index (χ1n) is 5.80. The molecule has 1 fully saturated rings. The summed E-state index contributed by atoms with van der Waals surface area (Å²) >= 11 is 0. The summed E-state index contributed by atoms with van der Waals surface area (Å²) in [5, 5.41) is 13.0. The van der Waals surface area contributed by atoms with Crippen LogP contribution in [0.2, 0.25) is 0 Å². The highest BCUT2D eigenvalue weighted by Crippen LogP contribution is 2.25. The Hall–Kier alpha value is -1.06. The molecule has 2 N–H and O–H groups in total. The first kappa shape index (κ1) is 11.4. The van der Waals surface area contributed by atoms with Gasteiger partial charge >= 0.3 is 0 Å². The fraction of sp³-hybridized carbons (Fsp3) is 0.538. The van der Waals surface area contributed by atoms with Gasteiger partial charge in [-0.05, 0) is 37.9 Å². The van der Waals surface area contributed by atoms with Gasteiger partial charge in [-0.3, -0.25) is 0 Å². The van der Waals surface area contributed by atoms with Crippen LogP contribution in [0, 0.1) is 13.8 Å². The molecule has 88 valence electrons. The van der Waals surface area contributed by atoms with E-state index >= 15 is 0 Å². The van der Waals surface area contributed by atoms with Gasteiger partial charge in [0.15, 0.2) is 0 Å². The van der Waals surface area contributed by atoms with Crippen molar-refractivity contribution in [2.24, 2.45) is 0 Å². The lowest BCUT2D eigenvalue weighted by molar-refractivity contribution is 0.0155. The Kier molecular flexibility index (Phi) is 3.46. The summed E-state index contributed by atoms with van der Waals surface area (Å²) in [6.45, 7) is 5.60. The van der Waals surface area contributed by atoms with Crippen LogP contribution in [0.5, 0.6) is 5.75 Å². The molecule has 0 aliphatic carbocycles. The molecule has 1 aromatic carbocycles. The second kappa shape index (κ2) is 4.85. The maximum absolute atomic E-state index is 9.82. The summed E-state index contributed by atoms with van der Waals surface area (Å²) in [6.07, 6.45) is 0.364. The van der Waals surface area contributed by atoms with Crippen LogP contribution in [0.25, 0.3) is 0 Å². The minimum atomic E-state index is -0.409. The van der Waals surface area contributed by atoms with E-state index < -0.39 is 6.10 Å². The molecular formula is C13H19NO2. The van der Waals surface area contributed by atoms with Gasteiger partial charge in [0, 0.05) is 6.54 Å². The van der Waals surface area contributed by atoms with Gasteiger partial charge in [-0.15, -0.1) is 0 Å². The zero-order valence-corrected chi connectivity index (χ0v) is 9.86. The van der Waals surface area contributed by atoms with E-state index in [0.29, 0.717) is 6.54 Å².